The molecular weight excluding hydrogens is 565 g/mol. The van der Waals surface area contributed by atoms with E-state index in [0.717, 1.165) is 36.9 Å². The fraction of sp³-hybridized carbons (Fsp3) is 0.455. The Morgan fingerprint density at radius 3 is 2.50 bits per heavy atom. The summed E-state index contributed by atoms with van der Waals surface area (Å²) in [6, 6.07) is 10.6. The molecule has 1 atom stereocenters. The number of carbonyl (C=O) groups excluding carboxylic acids is 2. The minimum atomic E-state index is -1.02. The quantitative estimate of drug-likeness (QED) is 0.317. The molecule has 2 aromatic heterocycles. The van der Waals surface area contributed by atoms with E-state index in [-0.39, 0.29) is 48.2 Å². The molecule has 44 heavy (non-hydrogen) atoms. The molecule has 3 heterocycles. The third-order valence-corrected chi connectivity index (χ3v) is 8.42. The standard InChI is InChI=1S/C33H38FN5O5/c1-19(43-2)14-35-15-20-10-28(33(42)39(16-20)24-6-7-24)31(40)37-30-12-22(11-29(36-30)21-4-5-21)26-9-8-25(44-3)13-27(26)32(41)38-17-23(34)18-38/h8-13,16,19,21,23-24,35H,4-7,14-15,17-18H2,1-3H3,(H,36,37,40)/t19-/m0/s1. The number of pyridine rings is 2. The van der Waals surface area contributed by atoms with Crippen molar-refractivity contribution in [2.45, 2.75) is 63.4 Å². The second kappa shape index (κ2) is 12.5. The van der Waals surface area contributed by atoms with Gasteiger partial charge in [-0.05, 0) is 85.7 Å². The molecule has 0 spiro atoms. The normalized spacial score (nSPS) is 17.2. The van der Waals surface area contributed by atoms with Gasteiger partial charge < -0.3 is 29.6 Å². The molecule has 3 aliphatic rings. The van der Waals surface area contributed by atoms with Gasteiger partial charge in [-0.15, -0.1) is 0 Å². The highest BCUT2D eigenvalue weighted by Crippen LogP contribution is 2.42. The molecule has 0 unspecified atom stereocenters. The van der Waals surface area contributed by atoms with E-state index < -0.39 is 12.1 Å². The molecule has 6 rings (SSSR count). The van der Waals surface area contributed by atoms with Crippen LogP contribution in [0.3, 0.4) is 0 Å². The molecule has 232 valence electrons. The van der Waals surface area contributed by atoms with Gasteiger partial charge in [0.15, 0.2) is 0 Å². The number of nitrogens with one attached hydrogen (secondary N) is 2. The first-order valence-corrected chi connectivity index (χ1v) is 15.2. The van der Waals surface area contributed by atoms with E-state index in [1.54, 1.807) is 42.0 Å². The van der Waals surface area contributed by atoms with Crippen molar-refractivity contribution in [2.24, 2.45) is 0 Å². The van der Waals surface area contributed by atoms with Gasteiger partial charge in [-0.1, -0.05) is 0 Å². The number of likely N-dealkylation sites (tertiary alicyclic amines) is 1. The first-order valence-electron chi connectivity index (χ1n) is 15.2. The van der Waals surface area contributed by atoms with E-state index in [4.69, 9.17) is 14.5 Å². The number of nitrogens with zero attached hydrogens (tertiary/aromatic N) is 3. The van der Waals surface area contributed by atoms with E-state index in [1.165, 1.54) is 12.0 Å². The lowest BCUT2D eigenvalue weighted by Crippen LogP contribution is -2.51. The molecule has 0 bridgehead atoms. The molecule has 2 N–H and O–H groups in total. The number of amides is 2. The van der Waals surface area contributed by atoms with E-state index >= 15 is 0 Å². The Kier molecular flexibility index (Phi) is 8.50. The minimum absolute atomic E-state index is 0.0270. The van der Waals surface area contributed by atoms with E-state index in [2.05, 4.69) is 10.6 Å². The van der Waals surface area contributed by atoms with Crippen LogP contribution in [0.4, 0.5) is 10.2 Å². The second-order valence-electron chi connectivity index (χ2n) is 12.0. The monoisotopic (exact) mass is 603 g/mol. The fourth-order valence-electron chi connectivity index (χ4n) is 5.43. The highest BCUT2D eigenvalue weighted by Gasteiger charge is 2.33. The fourth-order valence-corrected chi connectivity index (χ4v) is 5.43. The summed E-state index contributed by atoms with van der Waals surface area (Å²) in [5, 5.41) is 6.20. The van der Waals surface area contributed by atoms with Crippen molar-refractivity contribution in [3.63, 3.8) is 0 Å². The summed E-state index contributed by atoms with van der Waals surface area (Å²) < 4.78 is 26.0. The highest BCUT2D eigenvalue weighted by molar-refractivity contribution is 6.05. The van der Waals surface area contributed by atoms with Gasteiger partial charge in [0.1, 0.15) is 23.3 Å². The summed E-state index contributed by atoms with van der Waals surface area (Å²) in [7, 11) is 3.18. The van der Waals surface area contributed by atoms with Crippen LogP contribution in [-0.2, 0) is 11.3 Å². The Bertz CT molecular complexity index is 1630. The molecule has 3 aromatic rings. The maximum absolute atomic E-state index is 13.7. The van der Waals surface area contributed by atoms with E-state index in [9.17, 15) is 18.8 Å². The third kappa shape index (κ3) is 6.53. The summed E-state index contributed by atoms with van der Waals surface area (Å²) in [5.74, 6) is 0.239. The lowest BCUT2D eigenvalue weighted by molar-refractivity contribution is 0.0400. The Hall–Kier alpha value is -4.09. The minimum Gasteiger partial charge on any atom is -0.497 e. The van der Waals surface area contributed by atoms with Crippen molar-refractivity contribution in [3.05, 3.63) is 75.3 Å². The van der Waals surface area contributed by atoms with Crippen LogP contribution in [0.1, 0.15) is 76.5 Å². The van der Waals surface area contributed by atoms with Crippen LogP contribution in [0.5, 0.6) is 5.75 Å². The van der Waals surface area contributed by atoms with Gasteiger partial charge in [0.25, 0.3) is 17.4 Å². The van der Waals surface area contributed by atoms with Crippen LogP contribution in [0.25, 0.3) is 11.1 Å². The predicted molar refractivity (Wildman–Crippen MR) is 164 cm³/mol. The molecule has 3 fully saturated rings. The van der Waals surface area contributed by atoms with Crippen molar-refractivity contribution in [2.75, 3.05) is 39.2 Å². The second-order valence-corrected chi connectivity index (χ2v) is 12.0. The highest BCUT2D eigenvalue weighted by atomic mass is 19.1. The average molecular weight is 604 g/mol. The molecule has 2 saturated carbocycles. The lowest BCUT2D eigenvalue weighted by atomic mass is 9.96. The molecule has 0 radical (unpaired) electrons. The van der Waals surface area contributed by atoms with Crippen molar-refractivity contribution in [1.82, 2.24) is 19.8 Å². The first-order chi connectivity index (χ1) is 21.2. The largest absolute Gasteiger partial charge is 0.497 e. The molecule has 11 heteroatoms. The number of hydrogen-bond donors (Lipinski definition) is 2. The van der Waals surface area contributed by atoms with Crippen LogP contribution < -0.4 is 20.9 Å². The smallest absolute Gasteiger partial charge is 0.263 e. The van der Waals surface area contributed by atoms with Crippen LogP contribution in [0, 0.1) is 0 Å². The number of rotatable bonds is 12. The first kappa shape index (κ1) is 30.0. The number of methoxy groups -OCH3 is 2. The molecule has 2 amide bonds. The van der Waals surface area contributed by atoms with Crippen molar-refractivity contribution in [3.8, 4) is 16.9 Å². The number of anilines is 1. The molecular formula is C33H38FN5O5. The zero-order valence-corrected chi connectivity index (χ0v) is 25.3. The van der Waals surface area contributed by atoms with Gasteiger partial charge in [-0.2, -0.15) is 0 Å². The summed E-state index contributed by atoms with van der Waals surface area (Å²) in [6.45, 7) is 3.18. The maximum Gasteiger partial charge on any atom is 0.263 e. The summed E-state index contributed by atoms with van der Waals surface area (Å²) >= 11 is 0. The number of aromatic nitrogens is 2. The molecule has 1 aromatic carbocycles. The molecule has 10 nitrogen and oxygen atoms in total. The van der Waals surface area contributed by atoms with E-state index in [1.807, 2.05) is 19.2 Å². The molecule has 1 saturated heterocycles. The van der Waals surface area contributed by atoms with Gasteiger partial charge in [0, 0.05) is 44.0 Å². The Labute approximate surface area is 255 Å². The summed E-state index contributed by atoms with van der Waals surface area (Å²) in [4.78, 5) is 46.6. The lowest BCUT2D eigenvalue weighted by Gasteiger charge is -2.34. The zero-order chi connectivity index (χ0) is 31.0. The van der Waals surface area contributed by atoms with Crippen molar-refractivity contribution < 1.29 is 23.5 Å². The van der Waals surface area contributed by atoms with E-state index in [0.29, 0.717) is 41.3 Å². The molecule has 2 aliphatic carbocycles. The Balaban J connectivity index is 1.32. The van der Waals surface area contributed by atoms with Crippen LogP contribution in [0.2, 0.25) is 0 Å². The number of carbonyl (C=O) groups is 2. The topological polar surface area (TPSA) is 115 Å². The van der Waals surface area contributed by atoms with Gasteiger partial charge in [-0.3, -0.25) is 14.4 Å². The number of hydrogen-bond acceptors (Lipinski definition) is 7. The van der Waals surface area contributed by atoms with Crippen LogP contribution in [0.15, 0.2) is 47.4 Å². The summed E-state index contributed by atoms with van der Waals surface area (Å²) in [5.41, 5.74) is 3.07. The van der Waals surface area contributed by atoms with Crippen molar-refractivity contribution in [1.29, 1.82) is 0 Å². The number of ether oxygens (including phenoxy) is 2. The number of halogens is 1. The van der Waals surface area contributed by atoms with Gasteiger partial charge >= 0.3 is 0 Å². The number of alkyl halides is 1. The Morgan fingerprint density at radius 1 is 1.07 bits per heavy atom. The SMILES string of the molecule is COc1ccc(-c2cc(NC(=O)c3cc(CNC[C@H](C)OC)cn(C4CC4)c3=O)nc(C3CC3)c2)c(C(=O)N2CC(F)C2)c1. The van der Waals surface area contributed by atoms with Crippen LogP contribution in [-0.4, -0.2) is 72.4 Å². The zero-order valence-electron chi connectivity index (χ0n) is 25.3. The predicted octanol–water partition coefficient (Wildman–Crippen LogP) is 4.30. The molecule has 1 aliphatic heterocycles. The van der Waals surface area contributed by atoms with Crippen molar-refractivity contribution >= 4 is 17.6 Å². The maximum atomic E-state index is 13.7. The van der Waals surface area contributed by atoms with Gasteiger partial charge in [-0.25, -0.2) is 9.37 Å². The average Bonchev–Trinajstić information content (AvgIpc) is 3.93. The Morgan fingerprint density at radius 2 is 1.84 bits per heavy atom. The summed E-state index contributed by atoms with van der Waals surface area (Å²) in [6.07, 6.45) is 4.60. The van der Waals surface area contributed by atoms with Gasteiger partial charge in [0.2, 0.25) is 0 Å². The van der Waals surface area contributed by atoms with Gasteiger partial charge in [0.05, 0.1) is 31.9 Å². The third-order valence-electron chi connectivity index (χ3n) is 8.42. The van der Waals surface area contributed by atoms with Crippen LogP contribution >= 0.6 is 0 Å². The number of benzene rings is 1.